The van der Waals surface area contributed by atoms with E-state index in [1.807, 2.05) is 26.8 Å². The third kappa shape index (κ3) is 8.38. The molecule has 6 atom stereocenters. The molecule has 10 rings (SSSR count). The number of fused-ring (bicyclic) bond motifs is 11. The van der Waals surface area contributed by atoms with Crippen LogP contribution in [0.25, 0.3) is 11.0 Å². The fourth-order valence-corrected chi connectivity index (χ4v) is 11.2. The summed E-state index contributed by atoms with van der Waals surface area (Å²) in [5.41, 5.74) is 6.75. The minimum atomic E-state index is -1.15. The molecule has 4 heterocycles. The van der Waals surface area contributed by atoms with Gasteiger partial charge in [0.05, 0.1) is 12.2 Å². The highest BCUT2D eigenvalue weighted by Crippen LogP contribution is 2.53. The van der Waals surface area contributed by atoms with E-state index >= 15 is 0 Å². The Balaban J connectivity index is 1.14. The molecule has 1 N–H and O–H groups in total. The minimum Gasteiger partial charge on any atom is -0.483 e. The van der Waals surface area contributed by atoms with E-state index in [2.05, 4.69) is 72.8 Å². The molecule has 322 valence electrons. The fraction of sp³-hybridized carbons (Fsp3) is 0.426. The van der Waals surface area contributed by atoms with E-state index in [-0.39, 0.29) is 35.7 Å². The number of rotatable bonds is 5. The highest BCUT2D eigenvalue weighted by molar-refractivity contribution is 5.90. The van der Waals surface area contributed by atoms with E-state index in [1.54, 1.807) is 12.1 Å². The molecule has 3 aliphatic heterocycles. The van der Waals surface area contributed by atoms with E-state index in [9.17, 15) is 19.5 Å². The highest BCUT2D eigenvalue weighted by Gasteiger charge is 2.56. The normalized spacial score (nSPS) is 25.8. The van der Waals surface area contributed by atoms with Crippen LogP contribution in [0.15, 0.2) is 117 Å². The number of benzene rings is 4. The quantitative estimate of drug-likeness (QED) is 0.106. The predicted octanol–water partition coefficient (Wildman–Crippen LogP) is 11.1. The summed E-state index contributed by atoms with van der Waals surface area (Å²) in [5, 5.41) is 10.9. The zero-order valence-corrected chi connectivity index (χ0v) is 36.2. The molecule has 5 aromatic rings. The van der Waals surface area contributed by atoms with E-state index in [0.717, 1.165) is 68.9 Å². The Labute approximate surface area is 364 Å². The van der Waals surface area contributed by atoms with Gasteiger partial charge in [-0.3, -0.25) is 4.79 Å². The molecule has 2 bridgehead atoms. The molecule has 62 heavy (non-hydrogen) atoms. The summed E-state index contributed by atoms with van der Waals surface area (Å²) in [5.74, 6) is -0.119. The molecule has 0 unspecified atom stereocenters. The van der Waals surface area contributed by atoms with E-state index in [1.165, 1.54) is 28.3 Å². The number of hydrogen-bond donors (Lipinski definition) is 1. The van der Waals surface area contributed by atoms with Crippen LogP contribution in [0.5, 0.6) is 5.75 Å². The van der Waals surface area contributed by atoms with Crippen molar-refractivity contribution in [1.29, 1.82) is 0 Å². The SMILES string of the molecule is CC(C)=C1CCc2ccc(cc2)[C@@H]2CC[C@H](c3cccc(Cc4ccccc4)c3)C[C@@H]2CC(=O)O[C@H]2c3c(ccc4c(CO)cc(=O)oc34)O[C@@](C)(C3CCCCC3)[C@H]2OC1=O. The van der Waals surface area contributed by atoms with Crippen molar-refractivity contribution in [2.75, 3.05) is 0 Å². The smallest absolute Gasteiger partial charge is 0.336 e. The van der Waals surface area contributed by atoms with Crippen molar-refractivity contribution in [3.8, 4) is 5.75 Å². The number of carbonyl (C=O) groups is 2. The van der Waals surface area contributed by atoms with E-state index < -0.39 is 42.0 Å². The highest BCUT2D eigenvalue weighted by atomic mass is 16.6. The lowest BCUT2D eigenvalue weighted by molar-refractivity contribution is -0.201. The second-order valence-corrected chi connectivity index (χ2v) is 18.7. The molecule has 0 radical (unpaired) electrons. The third-order valence-electron chi connectivity index (χ3n) is 14.5. The third-order valence-corrected chi connectivity index (χ3v) is 14.5. The minimum absolute atomic E-state index is 0.00488. The summed E-state index contributed by atoms with van der Waals surface area (Å²) in [4.78, 5) is 42.7. The maximum Gasteiger partial charge on any atom is 0.336 e. The molecular formula is C54H58O8. The Hall–Kier alpha value is -5.47. The number of carbonyl (C=O) groups excluding carboxylic acids is 2. The van der Waals surface area contributed by atoms with Crippen LogP contribution < -0.4 is 10.4 Å². The van der Waals surface area contributed by atoms with Crippen molar-refractivity contribution in [1.82, 2.24) is 0 Å². The van der Waals surface area contributed by atoms with Crippen molar-refractivity contribution < 1.29 is 33.3 Å². The number of esters is 2. The number of aliphatic hydroxyl groups is 1. The first-order valence-corrected chi connectivity index (χ1v) is 22.8. The van der Waals surface area contributed by atoms with Gasteiger partial charge in [-0.1, -0.05) is 104 Å². The molecule has 4 aromatic carbocycles. The van der Waals surface area contributed by atoms with Crippen molar-refractivity contribution in [3.05, 3.63) is 158 Å². The molecule has 2 aliphatic carbocycles. The monoisotopic (exact) mass is 834 g/mol. The van der Waals surface area contributed by atoms with E-state index in [0.29, 0.717) is 40.7 Å². The first kappa shape index (κ1) is 41.9. The summed E-state index contributed by atoms with van der Waals surface area (Å²) in [7, 11) is 0. The van der Waals surface area contributed by atoms with Crippen LogP contribution in [0, 0.1) is 11.8 Å². The van der Waals surface area contributed by atoms with Crippen LogP contribution in [-0.4, -0.2) is 28.8 Å². The van der Waals surface area contributed by atoms with Gasteiger partial charge in [-0.05, 0) is 135 Å². The standard InChI is InChI=1S/C54H58O8/c1-33(2)43-23-19-34-17-20-37(21-18-34)44-24-22-39(38-14-10-13-36(28-38)27-35-11-6-4-7-12-35)29-40(44)30-47(56)60-51-49-46(26-25-45-41(32-55)31-48(57)59-50(45)49)62-54(3,52(51)61-53(43)58)42-15-8-5-9-16-42/h4,6-7,10-14,17-18,20-21,25-26,28,31,39-40,42,44,51-52,55H,5,8-9,15-16,19,22-24,27,29-30,32H2,1-3H3/t39-,40+,44-,51-,52-,54-/m0/s1. The lowest BCUT2D eigenvalue weighted by Gasteiger charge is -2.50. The Morgan fingerprint density at radius 2 is 1.55 bits per heavy atom. The average Bonchev–Trinajstić information content (AvgIpc) is 3.27. The average molecular weight is 835 g/mol. The largest absolute Gasteiger partial charge is 0.483 e. The van der Waals surface area contributed by atoms with Crippen molar-refractivity contribution in [3.63, 3.8) is 0 Å². The second kappa shape index (κ2) is 17.7. The number of aryl methyl sites for hydroxylation is 1. The van der Waals surface area contributed by atoms with Gasteiger partial charge < -0.3 is 23.7 Å². The number of ether oxygens (including phenoxy) is 3. The molecule has 0 amide bonds. The Bertz CT molecular complexity index is 2530. The molecule has 0 saturated heterocycles. The summed E-state index contributed by atoms with van der Waals surface area (Å²) in [6.07, 6.45) is 7.49. The van der Waals surface area contributed by atoms with Gasteiger partial charge in [0.25, 0.3) is 0 Å². The first-order valence-electron chi connectivity index (χ1n) is 22.8. The van der Waals surface area contributed by atoms with Crippen LogP contribution in [-0.2, 0) is 38.5 Å². The van der Waals surface area contributed by atoms with Gasteiger partial charge in [0, 0.05) is 29.4 Å². The maximum absolute atomic E-state index is 15.0. The van der Waals surface area contributed by atoms with Crippen molar-refractivity contribution in [2.45, 2.75) is 134 Å². The zero-order chi connectivity index (χ0) is 43.0. The maximum atomic E-state index is 15.0. The molecule has 8 nitrogen and oxygen atoms in total. The van der Waals surface area contributed by atoms with Gasteiger partial charge >= 0.3 is 17.6 Å². The number of allylic oxidation sites excluding steroid dienone is 1. The van der Waals surface area contributed by atoms with Crippen LogP contribution in [0.3, 0.4) is 0 Å². The number of aliphatic hydroxyl groups excluding tert-OH is 1. The Morgan fingerprint density at radius 1 is 0.774 bits per heavy atom. The fourth-order valence-electron chi connectivity index (χ4n) is 11.2. The summed E-state index contributed by atoms with van der Waals surface area (Å²) in [6.45, 7) is 5.45. The van der Waals surface area contributed by atoms with Crippen LogP contribution in [0.1, 0.15) is 142 Å². The molecule has 2 saturated carbocycles. The Morgan fingerprint density at radius 3 is 2.31 bits per heavy atom. The van der Waals surface area contributed by atoms with Gasteiger partial charge in [-0.15, -0.1) is 0 Å². The van der Waals surface area contributed by atoms with E-state index in [4.69, 9.17) is 18.6 Å². The zero-order valence-electron chi connectivity index (χ0n) is 36.2. The molecular weight excluding hydrogens is 777 g/mol. The summed E-state index contributed by atoms with van der Waals surface area (Å²) >= 11 is 0. The van der Waals surface area contributed by atoms with Crippen LogP contribution in [0.2, 0.25) is 0 Å². The van der Waals surface area contributed by atoms with Crippen molar-refractivity contribution in [2.24, 2.45) is 11.8 Å². The molecule has 0 spiro atoms. The summed E-state index contributed by atoms with van der Waals surface area (Å²) < 4.78 is 26.5. The molecule has 2 fully saturated rings. The van der Waals surface area contributed by atoms with Gasteiger partial charge in [0.1, 0.15) is 16.9 Å². The van der Waals surface area contributed by atoms with Crippen molar-refractivity contribution >= 4 is 22.9 Å². The molecule has 8 heteroatoms. The number of hydrogen-bond acceptors (Lipinski definition) is 8. The van der Waals surface area contributed by atoms with Crippen LogP contribution >= 0.6 is 0 Å². The van der Waals surface area contributed by atoms with Crippen LogP contribution in [0.4, 0.5) is 0 Å². The van der Waals surface area contributed by atoms with Gasteiger partial charge in [-0.25, -0.2) is 9.59 Å². The topological polar surface area (TPSA) is 112 Å². The lowest BCUT2D eigenvalue weighted by Crippen LogP contribution is -2.58. The predicted molar refractivity (Wildman–Crippen MR) is 239 cm³/mol. The first-order chi connectivity index (χ1) is 30.1. The second-order valence-electron chi connectivity index (χ2n) is 18.7. The summed E-state index contributed by atoms with van der Waals surface area (Å²) in [6, 6.07) is 33.1. The lowest BCUT2D eigenvalue weighted by atomic mass is 9.68. The Kier molecular flexibility index (Phi) is 12.0. The van der Waals surface area contributed by atoms with Gasteiger partial charge in [0.15, 0.2) is 12.2 Å². The van der Waals surface area contributed by atoms with Gasteiger partial charge in [-0.2, -0.15) is 0 Å². The molecule has 5 aliphatic rings. The molecule has 1 aromatic heterocycles. The van der Waals surface area contributed by atoms with Gasteiger partial charge in [0.2, 0.25) is 0 Å².